The van der Waals surface area contributed by atoms with Gasteiger partial charge in [0, 0.05) is 41.4 Å². The Kier molecular flexibility index (Phi) is 5.41. The fourth-order valence-corrected chi connectivity index (χ4v) is 3.25. The first-order valence-electron chi connectivity index (χ1n) is 7.82. The summed E-state index contributed by atoms with van der Waals surface area (Å²) in [5.74, 6) is 7.80. The van der Waals surface area contributed by atoms with Gasteiger partial charge in [0.05, 0.1) is 5.69 Å². The van der Waals surface area contributed by atoms with Crippen molar-refractivity contribution in [2.75, 3.05) is 31.6 Å². The first-order valence-corrected chi connectivity index (χ1v) is 8.89. The van der Waals surface area contributed by atoms with E-state index in [-0.39, 0.29) is 11.9 Å². The Morgan fingerprint density at radius 3 is 2.91 bits per heavy atom. The number of piperidine rings is 1. The van der Waals surface area contributed by atoms with Crippen LogP contribution >= 0.6 is 22.9 Å². The van der Waals surface area contributed by atoms with Crippen LogP contribution in [0.3, 0.4) is 0 Å². The molecule has 1 saturated heterocycles. The summed E-state index contributed by atoms with van der Waals surface area (Å²) >= 11 is 1.99. The Morgan fingerprint density at radius 1 is 1.39 bits per heavy atom. The molecule has 1 aromatic carbocycles. The van der Waals surface area contributed by atoms with Gasteiger partial charge in [0.2, 0.25) is 5.91 Å². The van der Waals surface area contributed by atoms with Gasteiger partial charge in [-0.2, -0.15) is 0 Å². The quantitative estimate of drug-likeness (QED) is 0.409. The summed E-state index contributed by atoms with van der Waals surface area (Å²) in [6.45, 7) is 2.41. The fourth-order valence-electron chi connectivity index (χ4n) is 2.81. The summed E-state index contributed by atoms with van der Waals surface area (Å²) < 4.78 is 8.72. The Hall–Kier alpha value is -1.30. The molecule has 0 aliphatic carbocycles. The molecule has 122 valence electrons. The number of fused-ring (bicyclic) bond motifs is 1. The molecular weight excluding hydrogens is 405 g/mol. The van der Waals surface area contributed by atoms with Crippen LogP contribution in [-0.2, 0) is 4.79 Å². The second-order valence-corrected chi connectivity index (χ2v) is 6.47. The Balaban J connectivity index is 1.83. The number of carbonyl (C=O) groups is 1. The van der Waals surface area contributed by atoms with E-state index in [1.807, 2.05) is 41.1 Å². The van der Waals surface area contributed by atoms with Gasteiger partial charge in [0.15, 0.2) is 0 Å². The minimum atomic E-state index is -0.336. The van der Waals surface area contributed by atoms with Crippen molar-refractivity contribution in [3.05, 3.63) is 23.8 Å². The molecule has 6 heteroatoms. The van der Waals surface area contributed by atoms with E-state index >= 15 is 0 Å². The van der Waals surface area contributed by atoms with Crippen LogP contribution in [0.25, 0.3) is 0 Å². The number of halogens is 1. The van der Waals surface area contributed by atoms with Gasteiger partial charge in [0.1, 0.15) is 18.4 Å². The molecule has 0 aromatic heterocycles. The lowest BCUT2D eigenvalue weighted by molar-refractivity contribution is -0.120. The maximum absolute atomic E-state index is 12.4. The maximum atomic E-state index is 12.4. The third-order valence-electron chi connectivity index (χ3n) is 4.25. The van der Waals surface area contributed by atoms with Crippen LogP contribution in [0, 0.1) is 17.8 Å². The summed E-state index contributed by atoms with van der Waals surface area (Å²) in [5.41, 5.74) is 1.70. The van der Waals surface area contributed by atoms with E-state index in [1.54, 1.807) is 11.9 Å². The van der Waals surface area contributed by atoms with Crippen molar-refractivity contribution in [1.29, 1.82) is 0 Å². The zero-order valence-corrected chi connectivity index (χ0v) is 15.2. The molecular formula is C17H20IN3O2. The molecule has 23 heavy (non-hydrogen) atoms. The third kappa shape index (κ3) is 3.79. The number of likely N-dealkylation sites (N-methyl/N-ethyl adjacent to an activating group) is 1. The average molecular weight is 425 g/mol. The van der Waals surface area contributed by atoms with Gasteiger partial charge in [-0.3, -0.25) is 4.79 Å². The van der Waals surface area contributed by atoms with Gasteiger partial charge in [0.25, 0.3) is 0 Å². The van der Waals surface area contributed by atoms with E-state index in [2.05, 4.69) is 20.7 Å². The number of benzene rings is 1. The standard InChI is InChI=1S/C17H20IN3O2/c1-21-15-10-13(3-2-12-6-8-19-9-7-12)4-5-16(15)23-11-14(20-18)17(21)22/h4-5,10,12,14,19-20H,6-9,11H2,1H3/t14-/m0/s1. The summed E-state index contributed by atoms with van der Waals surface area (Å²) in [7, 11) is 1.78. The minimum Gasteiger partial charge on any atom is -0.489 e. The van der Waals surface area contributed by atoms with E-state index in [0.717, 1.165) is 42.9 Å². The van der Waals surface area contributed by atoms with Crippen molar-refractivity contribution in [3.63, 3.8) is 0 Å². The summed E-state index contributed by atoms with van der Waals surface area (Å²) in [4.78, 5) is 14.0. The highest BCUT2D eigenvalue weighted by Gasteiger charge is 2.28. The molecule has 1 atom stereocenters. The van der Waals surface area contributed by atoms with Gasteiger partial charge in [-0.1, -0.05) is 11.8 Å². The van der Waals surface area contributed by atoms with Crippen molar-refractivity contribution in [2.24, 2.45) is 5.92 Å². The SMILES string of the molecule is CN1C(=O)[C@@H](NI)COc2ccc(C#CC3CCNCC3)cc21. The third-order valence-corrected chi connectivity index (χ3v) is 5.00. The Labute approximate surface area is 150 Å². The lowest BCUT2D eigenvalue weighted by atomic mass is 9.98. The monoisotopic (exact) mass is 425 g/mol. The van der Waals surface area contributed by atoms with Crippen LogP contribution in [0.5, 0.6) is 5.75 Å². The molecule has 1 fully saturated rings. The van der Waals surface area contributed by atoms with Crippen molar-refractivity contribution < 1.29 is 9.53 Å². The van der Waals surface area contributed by atoms with E-state index in [9.17, 15) is 4.79 Å². The predicted molar refractivity (Wildman–Crippen MR) is 98.8 cm³/mol. The van der Waals surface area contributed by atoms with Crippen LogP contribution in [0.1, 0.15) is 18.4 Å². The topological polar surface area (TPSA) is 53.6 Å². The predicted octanol–water partition coefficient (Wildman–Crippen LogP) is 1.70. The van der Waals surface area contributed by atoms with Gasteiger partial charge < -0.3 is 15.0 Å². The van der Waals surface area contributed by atoms with Crippen LogP contribution in [0.2, 0.25) is 0 Å². The smallest absolute Gasteiger partial charge is 0.248 e. The van der Waals surface area contributed by atoms with E-state index in [0.29, 0.717) is 12.5 Å². The first-order chi connectivity index (χ1) is 11.2. The van der Waals surface area contributed by atoms with Gasteiger partial charge >= 0.3 is 0 Å². The van der Waals surface area contributed by atoms with Crippen molar-refractivity contribution >= 4 is 34.5 Å². The summed E-state index contributed by atoms with van der Waals surface area (Å²) in [5, 5.41) is 3.35. The average Bonchev–Trinajstić information content (AvgIpc) is 2.71. The molecule has 2 aliphatic rings. The zero-order chi connectivity index (χ0) is 16.2. The van der Waals surface area contributed by atoms with Gasteiger partial charge in [-0.25, -0.2) is 3.53 Å². The molecule has 0 spiro atoms. The highest BCUT2D eigenvalue weighted by atomic mass is 127. The highest BCUT2D eigenvalue weighted by Crippen LogP contribution is 2.31. The number of amides is 1. The Morgan fingerprint density at radius 2 is 2.17 bits per heavy atom. The van der Waals surface area contributed by atoms with Crippen LogP contribution in [-0.4, -0.2) is 38.7 Å². The lowest BCUT2D eigenvalue weighted by Gasteiger charge is -2.19. The van der Waals surface area contributed by atoms with Gasteiger partial charge in [-0.15, -0.1) is 0 Å². The van der Waals surface area contributed by atoms with Gasteiger partial charge in [-0.05, 0) is 44.1 Å². The molecule has 0 radical (unpaired) electrons. The lowest BCUT2D eigenvalue weighted by Crippen LogP contribution is -2.43. The van der Waals surface area contributed by atoms with E-state index < -0.39 is 0 Å². The molecule has 0 saturated carbocycles. The first kappa shape index (κ1) is 16.6. The molecule has 2 heterocycles. The fraction of sp³-hybridized carbons (Fsp3) is 0.471. The van der Waals surface area contributed by atoms with Crippen molar-refractivity contribution in [2.45, 2.75) is 18.9 Å². The molecule has 0 bridgehead atoms. The van der Waals surface area contributed by atoms with E-state index in [4.69, 9.17) is 4.74 Å². The molecule has 1 amide bonds. The molecule has 0 unspecified atom stereocenters. The molecule has 2 N–H and O–H groups in total. The molecule has 5 nitrogen and oxygen atoms in total. The largest absolute Gasteiger partial charge is 0.489 e. The van der Waals surface area contributed by atoms with Crippen molar-refractivity contribution in [1.82, 2.24) is 8.85 Å². The van der Waals surface area contributed by atoms with Crippen LogP contribution in [0.4, 0.5) is 5.69 Å². The number of rotatable bonds is 1. The second kappa shape index (κ2) is 7.51. The number of hydrogen-bond acceptors (Lipinski definition) is 4. The summed E-state index contributed by atoms with van der Waals surface area (Å²) in [6.07, 6.45) is 2.20. The molecule has 1 aromatic rings. The zero-order valence-electron chi connectivity index (χ0n) is 13.1. The number of nitrogens with one attached hydrogen (secondary N) is 2. The normalized spacial score (nSPS) is 21.7. The number of anilines is 1. The number of nitrogens with zero attached hydrogens (tertiary/aromatic N) is 1. The highest BCUT2D eigenvalue weighted by molar-refractivity contribution is 14.1. The maximum Gasteiger partial charge on any atom is 0.248 e. The molecule has 2 aliphatic heterocycles. The number of ether oxygens (including phenoxy) is 1. The number of hydrogen-bond donors (Lipinski definition) is 2. The van der Waals surface area contributed by atoms with Crippen LogP contribution < -0.4 is 18.5 Å². The van der Waals surface area contributed by atoms with E-state index in [1.165, 1.54) is 0 Å². The number of carbonyl (C=O) groups excluding carboxylic acids is 1. The Bertz CT molecular complexity index is 647. The molecule has 3 rings (SSSR count). The minimum absolute atomic E-state index is 0.00149. The van der Waals surface area contributed by atoms with Crippen molar-refractivity contribution in [3.8, 4) is 17.6 Å². The second-order valence-electron chi connectivity index (χ2n) is 5.85. The summed E-state index contributed by atoms with van der Waals surface area (Å²) in [6, 6.07) is 5.47. The van der Waals surface area contributed by atoms with Crippen LogP contribution in [0.15, 0.2) is 18.2 Å².